The Balaban J connectivity index is 3.21. The molecule has 4 heteroatoms. The van der Waals surface area contributed by atoms with Crippen molar-refractivity contribution in [3.05, 3.63) is 47.9 Å². The molecule has 108 valence electrons. The predicted octanol–water partition coefficient (Wildman–Crippen LogP) is 3.05. The van der Waals surface area contributed by atoms with Crippen LogP contribution in [0.4, 0.5) is 5.69 Å². The van der Waals surface area contributed by atoms with Crippen molar-refractivity contribution in [3.8, 4) is 0 Å². The Kier molecular flexibility index (Phi) is 5.65. The summed E-state index contributed by atoms with van der Waals surface area (Å²) in [5.74, 6) is -0.190. The minimum atomic E-state index is -0.190. The molecule has 0 unspecified atom stereocenters. The van der Waals surface area contributed by atoms with Crippen molar-refractivity contribution in [1.29, 1.82) is 0 Å². The van der Waals surface area contributed by atoms with Gasteiger partial charge in [-0.15, -0.1) is 0 Å². The number of hydrogen-bond donors (Lipinski definition) is 0. The van der Waals surface area contributed by atoms with Gasteiger partial charge in [0.1, 0.15) is 5.69 Å². The second kappa shape index (κ2) is 7.01. The van der Waals surface area contributed by atoms with Crippen LogP contribution < -0.4 is 4.90 Å². The van der Waals surface area contributed by atoms with Crippen molar-refractivity contribution in [3.63, 3.8) is 0 Å². The van der Waals surface area contributed by atoms with E-state index >= 15 is 0 Å². The molecule has 1 aromatic heterocycles. The highest BCUT2D eigenvalue weighted by Crippen LogP contribution is 2.23. The van der Waals surface area contributed by atoms with Crippen LogP contribution in [0.25, 0.3) is 0 Å². The smallest absolute Gasteiger partial charge is 0.211 e. The van der Waals surface area contributed by atoms with Crippen molar-refractivity contribution in [2.24, 2.45) is 0 Å². The van der Waals surface area contributed by atoms with Gasteiger partial charge in [0.25, 0.3) is 0 Å². The van der Waals surface area contributed by atoms with Crippen LogP contribution in [0.1, 0.15) is 28.7 Å². The fourth-order valence-corrected chi connectivity index (χ4v) is 1.68. The lowest BCUT2D eigenvalue weighted by molar-refractivity contribution is 0.0987. The minimum Gasteiger partial charge on any atom is -0.377 e. The molecule has 0 aliphatic carbocycles. The summed E-state index contributed by atoms with van der Waals surface area (Å²) < 4.78 is 5.24. The van der Waals surface area contributed by atoms with Crippen LogP contribution in [0.15, 0.2) is 31.0 Å². The average molecular weight is 274 g/mol. The normalized spacial score (nSPS) is 10.2. The van der Waals surface area contributed by atoms with Gasteiger partial charge in [-0.2, -0.15) is 0 Å². The molecule has 0 fully saturated rings. The zero-order valence-electron chi connectivity index (χ0n) is 12.7. The summed E-state index contributed by atoms with van der Waals surface area (Å²) in [4.78, 5) is 18.6. The molecule has 0 N–H and O–H groups in total. The van der Waals surface area contributed by atoms with Gasteiger partial charge in [0, 0.05) is 24.9 Å². The Morgan fingerprint density at radius 2 is 2.15 bits per heavy atom. The van der Waals surface area contributed by atoms with Crippen LogP contribution in [0.5, 0.6) is 0 Å². The second-order valence-corrected chi connectivity index (χ2v) is 4.62. The summed E-state index contributed by atoms with van der Waals surface area (Å²) in [6, 6.07) is 1.94. The summed E-state index contributed by atoms with van der Waals surface area (Å²) in [6.45, 7) is 14.0. The third kappa shape index (κ3) is 3.54. The van der Waals surface area contributed by atoms with Gasteiger partial charge < -0.3 is 9.64 Å². The lowest BCUT2D eigenvalue weighted by Gasteiger charge is -2.19. The molecule has 0 bridgehead atoms. The first kappa shape index (κ1) is 16.1. The fourth-order valence-electron chi connectivity index (χ4n) is 1.68. The van der Waals surface area contributed by atoms with Gasteiger partial charge >= 0.3 is 0 Å². The molecular weight excluding hydrogens is 252 g/mol. The monoisotopic (exact) mass is 274 g/mol. The quantitative estimate of drug-likeness (QED) is 0.566. The number of pyridine rings is 1. The van der Waals surface area contributed by atoms with E-state index in [1.807, 2.05) is 33.9 Å². The summed E-state index contributed by atoms with van der Waals surface area (Å²) in [7, 11) is 1.83. The lowest BCUT2D eigenvalue weighted by atomic mass is 10.1. The molecule has 0 atom stereocenters. The number of Topliss-reactive ketones (excluding diaryl/α,β-unsaturated/α-hetero) is 1. The maximum Gasteiger partial charge on any atom is 0.211 e. The average Bonchev–Trinajstić information content (AvgIpc) is 2.45. The van der Waals surface area contributed by atoms with E-state index in [1.54, 1.807) is 11.1 Å². The van der Waals surface area contributed by atoms with Gasteiger partial charge in [-0.05, 0) is 38.6 Å². The Hall–Kier alpha value is -1.94. The molecule has 0 amide bonds. The van der Waals surface area contributed by atoms with E-state index in [0.29, 0.717) is 17.9 Å². The third-order valence-electron chi connectivity index (χ3n) is 3.12. The molecule has 0 saturated heterocycles. The first-order valence-corrected chi connectivity index (χ1v) is 6.56. The van der Waals surface area contributed by atoms with Crippen LogP contribution >= 0.6 is 0 Å². The Morgan fingerprint density at radius 3 is 2.70 bits per heavy atom. The fraction of sp³-hybridized carbons (Fsp3) is 0.375. The number of carbonyl (C=O) groups is 1. The van der Waals surface area contributed by atoms with Gasteiger partial charge in [0.2, 0.25) is 5.78 Å². The largest absolute Gasteiger partial charge is 0.377 e. The van der Waals surface area contributed by atoms with E-state index in [4.69, 9.17) is 4.74 Å². The number of aromatic nitrogens is 1. The van der Waals surface area contributed by atoms with E-state index in [1.165, 1.54) is 0 Å². The van der Waals surface area contributed by atoms with Gasteiger partial charge in [-0.25, -0.2) is 4.98 Å². The van der Waals surface area contributed by atoms with Crippen molar-refractivity contribution in [1.82, 2.24) is 4.98 Å². The molecule has 0 aliphatic rings. The van der Waals surface area contributed by atoms with Gasteiger partial charge in [0.15, 0.2) is 0 Å². The van der Waals surface area contributed by atoms with E-state index in [9.17, 15) is 4.79 Å². The third-order valence-corrected chi connectivity index (χ3v) is 3.12. The summed E-state index contributed by atoms with van der Waals surface area (Å²) >= 11 is 0. The molecule has 4 nitrogen and oxygen atoms in total. The molecular formula is C16H22N2O2. The van der Waals surface area contributed by atoms with Gasteiger partial charge in [0.05, 0.1) is 12.3 Å². The lowest BCUT2D eigenvalue weighted by Crippen LogP contribution is -2.18. The number of ketones is 1. The number of anilines is 1. The van der Waals surface area contributed by atoms with E-state index in [0.717, 1.165) is 16.9 Å². The first-order valence-electron chi connectivity index (χ1n) is 6.56. The summed E-state index contributed by atoms with van der Waals surface area (Å²) in [6.07, 6.45) is 1.65. The number of rotatable bonds is 7. The first-order chi connectivity index (χ1) is 9.42. The van der Waals surface area contributed by atoms with Crippen LogP contribution in [0.3, 0.4) is 0 Å². The molecule has 1 heterocycles. The van der Waals surface area contributed by atoms with Crippen LogP contribution in [-0.4, -0.2) is 31.0 Å². The number of hydrogen-bond acceptors (Lipinski definition) is 4. The highest BCUT2D eigenvalue weighted by atomic mass is 16.5. The number of carbonyl (C=O) groups excluding carboxylic acids is 1. The van der Waals surface area contributed by atoms with Crippen molar-refractivity contribution in [2.75, 3.05) is 25.2 Å². The van der Waals surface area contributed by atoms with Gasteiger partial charge in [-0.1, -0.05) is 13.2 Å². The van der Waals surface area contributed by atoms with Crippen molar-refractivity contribution in [2.45, 2.75) is 20.8 Å². The Morgan fingerprint density at radius 1 is 1.50 bits per heavy atom. The predicted molar refractivity (Wildman–Crippen MR) is 82.3 cm³/mol. The highest BCUT2D eigenvalue weighted by Gasteiger charge is 2.19. The maximum atomic E-state index is 12.5. The summed E-state index contributed by atoms with van der Waals surface area (Å²) in [5, 5.41) is 0. The molecule has 0 saturated carbocycles. The van der Waals surface area contributed by atoms with E-state index < -0.39 is 0 Å². The molecule has 1 rings (SSSR count). The number of nitrogens with zero attached hydrogens (tertiary/aromatic N) is 2. The molecule has 0 spiro atoms. The summed E-state index contributed by atoms with van der Waals surface area (Å²) in [5.41, 5.74) is 3.38. The van der Waals surface area contributed by atoms with Crippen molar-refractivity contribution >= 4 is 11.5 Å². The second-order valence-electron chi connectivity index (χ2n) is 4.62. The SMILES string of the molecule is C=CN(C)c1cc(C)c(C)nc1C(=O)C(=C)COCC. The topological polar surface area (TPSA) is 42.4 Å². The number of aryl methyl sites for hydroxylation is 2. The van der Waals surface area contributed by atoms with Crippen LogP contribution in [0, 0.1) is 13.8 Å². The van der Waals surface area contributed by atoms with Crippen LogP contribution in [0.2, 0.25) is 0 Å². The Labute approximate surface area is 120 Å². The van der Waals surface area contributed by atoms with E-state index in [-0.39, 0.29) is 12.4 Å². The Bertz CT molecular complexity index is 536. The van der Waals surface area contributed by atoms with Crippen molar-refractivity contribution < 1.29 is 9.53 Å². The zero-order valence-corrected chi connectivity index (χ0v) is 12.7. The number of ether oxygens (including phenoxy) is 1. The minimum absolute atomic E-state index is 0.190. The zero-order chi connectivity index (χ0) is 15.3. The molecule has 0 aliphatic heterocycles. The van der Waals surface area contributed by atoms with Crippen LogP contribution in [-0.2, 0) is 4.74 Å². The molecule has 0 aromatic carbocycles. The standard InChI is InChI=1S/C16H22N2O2/c1-7-18(6)14-9-11(3)13(5)17-15(14)16(19)12(4)10-20-8-2/h7,9H,1,4,8,10H2,2-3,5-6H3. The molecule has 1 aromatic rings. The van der Waals surface area contributed by atoms with Gasteiger partial charge in [-0.3, -0.25) is 4.79 Å². The van der Waals surface area contributed by atoms with E-state index in [2.05, 4.69) is 18.1 Å². The maximum absolute atomic E-state index is 12.5. The molecule has 20 heavy (non-hydrogen) atoms. The highest BCUT2D eigenvalue weighted by molar-refractivity contribution is 6.10. The molecule has 0 radical (unpaired) electrons.